The Morgan fingerprint density at radius 2 is 2.21 bits per heavy atom. The van der Waals surface area contributed by atoms with Crippen LogP contribution in [-0.4, -0.2) is 32.7 Å². The van der Waals surface area contributed by atoms with Gasteiger partial charge in [-0.15, -0.1) is 0 Å². The van der Waals surface area contributed by atoms with Crippen LogP contribution in [0.2, 0.25) is 0 Å². The maximum atomic E-state index is 11.5. The summed E-state index contributed by atoms with van der Waals surface area (Å²) in [7, 11) is 1.59. The van der Waals surface area contributed by atoms with E-state index in [4.69, 9.17) is 15.2 Å². The zero-order valence-electron chi connectivity index (χ0n) is 11.6. The molecule has 0 saturated heterocycles. The van der Waals surface area contributed by atoms with Crippen LogP contribution in [0.5, 0.6) is 11.5 Å². The van der Waals surface area contributed by atoms with Gasteiger partial charge in [-0.3, -0.25) is 4.79 Å². The first-order valence-corrected chi connectivity index (χ1v) is 6.47. The number of hydrogen-bond donors (Lipinski definition) is 2. The van der Waals surface area contributed by atoms with Crippen molar-refractivity contribution in [3.05, 3.63) is 23.8 Å². The summed E-state index contributed by atoms with van der Waals surface area (Å²) < 4.78 is 10.7. The summed E-state index contributed by atoms with van der Waals surface area (Å²) in [5.41, 5.74) is 6.53. The third-order valence-corrected chi connectivity index (χ3v) is 2.62. The largest absolute Gasteiger partial charge is 0.497 e. The molecule has 0 bridgehead atoms. The zero-order valence-corrected chi connectivity index (χ0v) is 11.6. The van der Waals surface area contributed by atoms with Crippen LogP contribution >= 0.6 is 0 Å². The maximum Gasteiger partial charge on any atom is 0.257 e. The summed E-state index contributed by atoms with van der Waals surface area (Å²) in [4.78, 5) is 11.5. The van der Waals surface area contributed by atoms with Crippen LogP contribution in [0.3, 0.4) is 0 Å². The molecule has 1 amide bonds. The number of hydrogen-bond acceptors (Lipinski definition) is 4. The van der Waals surface area contributed by atoms with E-state index in [9.17, 15) is 4.79 Å². The van der Waals surface area contributed by atoms with E-state index in [1.807, 2.05) is 19.1 Å². The predicted octanol–water partition coefficient (Wildman–Crippen LogP) is 1.10. The minimum atomic E-state index is -0.122. The molecule has 0 aliphatic rings. The molecule has 0 aromatic heterocycles. The van der Waals surface area contributed by atoms with Crippen molar-refractivity contribution in [1.82, 2.24) is 5.32 Å². The number of nitrogens with two attached hydrogens (primary N) is 1. The number of methoxy groups -OCH3 is 1. The van der Waals surface area contributed by atoms with Crippen molar-refractivity contribution >= 4 is 5.91 Å². The molecule has 0 atom stereocenters. The first-order valence-electron chi connectivity index (χ1n) is 6.47. The predicted molar refractivity (Wildman–Crippen MR) is 74.5 cm³/mol. The average molecular weight is 266 g/mol. The van der Waals surface area contributed by atoms with E-state index >= 15 is 0 Å². The van der Waals surface area contributed by atoms with Crippen LogP contribution in [-0.2, 0) is 11.2 Å². The van der Waals surface area contributed by atoms with Gasteiger partial charge in [-0.1, -0.05) is 13.0 Å². The van der Waals surface area contributed by atoms with Crippen molar-refractivity contribution in [1.29, 1.82) is 0 Å². The molecular weight excluding hydrogens is 244 g/mol. The molecule has 1 aromatic carbocycles. The van der Waals surface area contributed by atoms with Crippen LogP contribution in [0.15, 0.2) is 18.2 Å². The van der Waals surface area contributed by atoms with E-state index in [1.165, 1.54) is 0 Å². The van der Waals surface area contributed by atoms with E-state index in [-0.39, 0.29) is 12.5 Å². The molecule has 0 aliphatic heterocycles. The molecule has 1 rings (SSSR count). The highest BCUT2D eigenvalue weighted by atomic mass is 16.5. The molecule has 0 aliphatic carbocycles. The van der Waals surface area contributed by atoms with Crippen molar-refractivity contribution < 1.29 is 14.3 Å². The number of carbonyl (C=O) groups is 1. The van der Waals surface area contributed by atoms with Gasteiger partial charge in [0.15, 0.2) is 6.61 Å². The Labute approximate surface area is 114 Å². The number of nitrogens with one attached hydrogen (secondary N) is 1. The second kappa shape index (κ2) is 8.37. The minimum absolute atomic E-state index is 0.00470. The van der Waals surface area contributed by atoms with E-state index < -0.39 is 0 Å². The van der Waals surface area contributed by atoms with Gasteiger partial charge in [0.05, 0.1) is 7.11 Å². The van der Waals surface area contributed by atoms with Crippen molar-refractivity contribution in [2.45, 2.75) is 19.8 Å². The van der Waals surface area contributed by atoms with Gasteiger partial charge < -0.3 is 20.5 Å². The van der Waals surface area contributed by atoms with Crippen LogP contribution in [0.25, 0.3) is 0 Å². The number of benzene rings is 1. The molecule has 0 heterocycles. The molecule has 19 heavy (non-hydrogen) atoms. The molecule has 0 fully saturated rings. The van der Waals surface area contributed by atoms with Crippen LogP contribution < -0.4 is 20.5 Å². The van der Waals surface area contributed by atoms with Crippen LogP contribution in [0, 0.1) is 0 Å². The first-order chi connectivity index (χ1) is 9.21. The Balaban J connectivity index is 2.66. The van der Waals surface area contributed by atoms with E-state index in [0.29, 0.717) is 31.0 Å². The quantitative estimate of drug-likeness (QED) is 0.739. The number of rotatable bonds is 8. The minimum Gasteiger partial charge on any atom is -0.497 e. The molecule has 5 heteroatoms. The Kier molecular flexibility index (Phi) is 6.74. The SMILES string of the molecule is CCCNC(=O)COc1cc(OC)ccc1CCN. The third-order valence-electron chi connectivity index (χ3n) is 2.62. The molecule has 0 saturated carbocycles. The highest BCUT2D eigenvalue weighted by Gasteiger charge is 2.08. The summed E-state index contributed by atoms with van der Waals surface area (Å²) in [5, 5.41) is 2.76. The van der Waals surface area contributed by atoms with Crippen LogP contribution in [0.1, 0.15) is 18.9 Å². The average Bonchev–Trinajstić information content (AvgIpc) is 2.44. The van der Waals surface area contributed by atoms with Gasteiger partial charge in [0.1, 0.15) is 11.5 Å². The van der Waals surface area contributed by atoms with Gasteiger partial charge in [0, 0.05) is 12.6 Å². The molecule has 0 radical (unpaired) electrons. The monoisotopic (exact) mass is 266 g/mol. The standard InChI is InChI=1S/C14H22N2O3/c1-3-8-16-14(17)10-19-13-9-12(18-2)5-4-11(13)6-7-15/h4-5,9H,3,6-8,10,15H2,1-2H3,(H,16,17). The second-order valence-electron chi connectivity index (χ2n) is 4.15. The summed E-state index contributed by atoms with van der Waals surface area (Å²) in [6.07, 6.45) is 1.61. The highest BCUT2D eigenvalue weighted by molar-refractivity contribution is 5.77. The van der Waals surface area contributed by atoms with Crippen LogP contribution in [0.4, 0.5) is 0 Å². The molecule has 106 valence electrons. The first kappa shape index (κ1) is 15.3. The Morgan fingerprint density at radius 1 is 1.42 bits per heavy atom. The van der Waals surface area contributed by atoms with Crippen molar-refractivity contribution in [3.63, 3.8) is 0 Å². The Hall–Kier alpha value is -1.75. The molecule has 0 unspecified atom stereocenters. The van der Waals surface area contributed by atoms with Gasteiger partial charge in [-0.2, -0.15) is 0 Å². The number of carbonyl (C=O) groups excluding carboxylic acids is 1. The van der Waals surface area contributed by atoms with E-state index in [1.54, 1.807) is 13.2 Å². The van der Waals surface area contributed by atoms with Crippen molar-refractivity contribution in [2.24, 2.45) is 5.73 Å². The van der Waals surface area contributed by atoms with Gasteiger partial charge in [-0.25, -0.2) is 0 Å². The molecule has 3 N–H and O–H groups in total. The lowest BCUT2D eigenvalue weighted by molar-refractivity contribution is -0.123. The normalized spacial score (nSPS) is 10.1. The van der Waals surface area contributed by atoms with Gasteiger partial charge in [-0.05, 0) is 31.0 Å². The van der Waals surface area contributed by atoms with E-state index in [2.05, 4.69) is 5.32 Å². The summed E-state index contributed by atoms with van der Waals surface area (Å²) in [5.74, 6) is 1.23. The second-order valence-corrected chi connectivity index (χ2v) is 4.15. The Bertz CT molecular complexity index is 408. The fourth-order valence-electron chi connectivity index (χ4n) is 1.62. The van der Waals surface area contributed by atoms with E-state index in [0.717, 1.165) is 12.0 Å². The lowest BCUT2D eigenvalue weighted by Gasteiger charge is -2.12. The molecule has 0 spiro atoms. The highest BCUT2D eigenvalue weighted by Crippen LogP contribution is 2.25. The van der Waals surface area contributed by atoms with Gasteiger partial charge >= 0.3 is 0 Å². The summed E-state index contributed by atoms with van der Waals surface area (Å²) in [6, 6.07) is 5.54. The fourth-order valence-corrected chi connectivity index (χ4v) is 1.62. The fraction of sp³-hybridized carbons (Fsp3) is 0.500. The van der Waals surface area contributed by atoms with Crippen molar-refractivity contribution in [2.75, 3.05) is 26.8 Å². The van der Waals surface area contributed by atoms with Crippen molar-refractivity contribution in [3.8, 4) is 11.5 Å². The third kappa shape index (κ3) is 5.18. The summed E-state index contributed by atoms with van der Waals surface area (Å²) >= 11 is 0. The lowest BCUT2D eigenvalue weighted by atomic mass is 10.1. The number of ether oxygens (including phenoxy) is 2. The molecule has 5 nitrogen and oxygen atoms in total. The molecule has 1 aromatic rings. The topological polar surface area (TPSA) is 73.6 Å². The molecular formula is C14H22N2O3. The lowest BCUT2D eigenvalue weighted by Crippen LogP contribution is -2.29. The van der Waals surface area contributed by atoms with Gasteiger partial charge in [0.2, 0.25) is 0 Å². The van der Waals surface area contributed by atoms with Gasteiger partial charge in [0.25, 0.3) is 5.91 Å². The smallest absolute Gasteiger partial charge is 0.257 e. The zero-order chi connectivity index (χ0) is 14.1. The summed E-state index contributed by atoms with van der Waals surface area (Å²) in [6.45, 7) is 3.20. The Morgan fingerprint density at radius 3 is 2.84 bits per heavy atom. The number of amides is 1. The maximum absolute atomic E-state index is 11.5.